The Morgan fingerprint density at radius 3 is 2.89 bits per heavy atom. The Labute approximate surface area is 114 Å². The number of halogens is 1. The average Bonchev–Trinajstić information content (AvgIpc) is 2.64. The van der Waals surface area contributed by atoms with Crippen LogP contribution in [0.4, 0.5) is 0 Å². The smallest absolute Gasteiger partial charge is 0.235 e. The third-order valence-corrected chi connectivity index (χ3v) is 4.51. The van der Waals surface area contributed by atoms with Gasteiger partial charge < -0.3 is 4.74 Å². The van der Waals surface area contributed by atoms with Crippen molar-refractivity contribution in [1.29, 1.82) is 0 Å². The lowest BCUT2D eigenvalue weighted by atomic mass is 9.72. The van der Waals surface area contributed by atoms with E-state index in [0.717, 1.165) is 41.5 Å². The second-order valence-electron chi connectivity index (χ2n) is 5.17. The Hall–Kier alpha value is -1.12. The van der Waals surface area contributed by atoms with Crippen molar-refractivity contribution in [3.05, 3.63) is 27.7 Å². The van der Waals surface area contributed by atoms with Crippen molar-refractivity contribution in [2.75, 3.05) is 0 Å². The molecule has 1 saturated carbocycles. The van der Waals surface area contributed by atoms with Gasteiger partial charge in [0.15, 0.2) is 0 Å². The third kappa shape index (κ3) is 1.72. The summed E-state index contributed by atoms with van der Waals surface area (Å²) in [5, 5.41) is 0. The number of aliphatic imine (C=N–C) groups is 1. The molecular weight excluding hydrogens is 294 g/mol. The van der Waals surface area contributed by atoms with Crippen molar-refractivity contribution in [3.63, 3.8) is 0 Å². The van der Waals surface area contributed by atoms with Gasteiger partial charge in [0.2, 0.25) is 6.08 Å². The summed E-state index contributed by atoms with van der Waals surface area (Å²) in [7, 11) is 0. The molecule has 1 aliphatic heterocycles. The molecular formula is C14H14BrNO2. The van der Waals surface area contributed by atoms with Crippen LogP contribution in [0.1, 0.15) is 37.3 Å². The Bertz CT molecular complexity index is 545. The van der Waals surface area contributed by atoms with Crippen LogP contribution < -0.4 is 4.74 Å². The average molecular weight is 308 g/mol. The standard InChI is InChI=1S/C14H14BrNO2/c1-9-5-10-6-11(7-12(15)13(10)18-9)14(16-8-17)3-2-4-14/h6-7,9H,2-5H2,1H3. The maximum atomic E-state index is 10.6. The lowest BCUT2D eigenvalue weighted by Crippen LogP contribution is -2.31. The molecule has 18 heavy (non-hydrogen) atoms. The fourth-order valence-corrected chi connectivity index (χ4v) is 3.41. The highest BCUT2D eigenvalue weighted by Crippen LogP contribution is 2.48. The summed E-state index contributed by atoms with van der Waals surface area (Å²) < 4.78 is 6.73. The molecule has 0 N–H and O–H groups in total. The van der Waals surface area contributed by atoms with Crippen molar-refractivity contribution in [2.24, 2.45) is 4.99 Å². The maximum Gasteiger partial charge on any atom is 0.235 e. The lowest BCUT2D eigenvalue weighted by molar-refractivity contribution is 0.252. The minimum Gasteiger partial charge on any atom is -0.489 e. The van der Waals surface area contributed by atoms with Gasteiger partial charge in [0.1, 0.15) is 11.9 Å². The van der Waals surface area contributed by atoms with E-state index in [4.69, 9.17) is 4.74 Å². The topological polar surface area (TPSA) is 38.7 Å². The lowest BCUT2D eigenvalue weighted by Gasteiger charge is -2.37. The van der Waals surface area contributed by atoms with Crippen molar-refractivity contribution in [1.82, 2.24) is 0 Å². The number of carbonyl (C=O) groups excluding carboxylic acids is 1. The second kappa shape index (κ2) is 4.22. The number of rotatable bonds is 2. The van der Waals surface area contributed by atoms with Crippen LogP contribution in [0.3, 0.4) is 0 Å². The van der Waals surface area contributed by atoms with Gasteiger partial charge in [-0.15, -0.1) is 0 Å². The molecule has 0 saturated heterocycles. The summed E-state index contributed by atoms with van der Waals surface area (Å²) in [5.74, 6) is 0.941. The highest BCUT2D eigenvalue weighted by Gasteiger charge is 2.40. The monoisotopic (exact) mass is 307 g/mol. The first-order valence-electron chi connectivity index (χ1n) is 6.23. The maximum absolute atomic E-state index is 10.6. The van der Waals surface area contributed by atoms with Crippen LogP contribution in [0, 0.1) is 0 Å². The van der Waals surface area contributed by atoms with Crippen molar-refractivity contribution >= 4 is 22.0 Å². The molecule has 4 heteroatoms. The van der Waals surface area contributed by atoms with Gasteiger partial charge in [0.05, 0.1) is 10.0 Å². The molecule has 1 heterocycles. The summed E-state index contributed by atoms with van der Waals surface area (Å²) in [4.78, 5) is 14.7. The molecule has 1 aliphatic carbocycles. The normalized spacial score (nSPS) is 23.6. The highest BCUT2D eigenvalue weighted by atomic mass is 79.9. The van der Waals surface area contributed by atoms with Gasteiger partial charge in [-0.2, -0.15) is 4.99 Å². The Morgan fingerprint density at radius 2 is 2.28 bits per heavy atom. The van der Waals surface area contributed by atoms with Crippen LogP contribution in [-0.4, -0.2) is 12.2 Å². The van der Waals surface area contributed by atoms with Gasteiger partial charge in [-0.25, -0.2) is 4.79 Å². The van der Waals surface area contributed by atoms with Gasteiger partial charge in [-0.3, -0.25) is 0 Å². The molecule has 0 aromatic heterocycles. The van der Waals surface area contributed by atoms with E-state index in [-0.39, 0.29) is 11.6 Å². The van der Waals surface area contributed by atoms with E-state index in [1.54, 1.807) is 6.08 Å². The van der Waals surface area contributed by atoms with Gasteiger partial charge in [0.25, 0.3) is 0 Å². The molecule has 0 spiro atoms. The molecule has 1 unspecified atom stereocenters. The van der Waals surface area contributed by atoms with Gasteiger partial charge in [-0.05, 0) is 65.4 Å². The molecule has 1 aromatic rings. The number of fused-ring (bicyclic) bond motifs is 1. The van der Waals surface area contributed by atoms with Crippen LogP contribution in [0.25, 0.3) is 0 Å². The van der Waals surface area contributed by atoms with Crippen molar-refractivity contribution in [2.45, 2.75) is 44.2 Å². The highest BCUT2D eigenvalue weighted by molar-refractivity contribution is 9.10. The van der Waals surface area contributed by atoms with Gasteiger partial charge in [-0.1, -0.05) is 0 Å². The second-order valence-corrected chi connectivity index (χ2v) is 6.02. The van der Waals surface area contributed by atoms with Gasteiger partial charge >= 0.3 is 0 Å². The van der Waals surface area contributed by atoms with E-state index in [1.807, 2.05) is 6.07 Å². The zero-order valence-corrected chi connectivity index (χ0v) is 11.8. The quantitative estimate of drug-likeness (QED) is 0.619. The molecule has 1 atom stereocenters. The Balaban J connectivity index is 2.07. The summed E-state index contributed by atoms with van der Waals surface area (Å²) in [6, 6.07) is 4.18. The summed E-state index contributed by atoms with van der Waals surface area (Å²) in [6.45, 7) is 2.06. The van der Waals surface area contributed by atoms with Crippen LogP contribution in [0.2, 0.25) is 0 Å². The summed E-state index contributed by atoms with van der Waals surface area (Å²) >= 11 is 3.56. The van der Waals surface area contributed by atoms with Crippen LogP contribution >= 0.6 is 15.9 Å². The molecule has 0 amide bonds. The number of hydrogen-bond donors (Lipinski definition) is 0. The molecule has 1 fully saturated rings. The molecule has 0 bridgehead atoms. The number of ether oxygens (including phenoxy) is 1. The predicted octanol–water partition coefficient (Wildman–Crippen LogP) is 3.49. The molecule has 3 rings (SSSR count). The zero-order chi connectivity index (χ0) is 12.8. The molecule has 3 nitrogen and oxygen atoms in total. The molecule has 94 valence electrons. The summed E-state index contributed by atoms with van der Waals surface area (Å²) in [5.41, 5.74) is 1.99. The van der Waals surface area contributed by atoms with E-state index in [2.05, 4.69) is 33.9 Å². The number of isocyanates is 1. The Morgan fingerprint density at radius 1 is 1.50 bits per heavy atom. The van der Waals surface area contributed by atoms with E-state index < -0.39 is 0 Å². The fourth-order valence-electron chi connectivity index (χ4n) is 2.82. The van der Waals surface area contributed by atoms with Crippen molar-refractivity contribution < 1.29 is 9.53 Å². The fraction of sp³-hybridized carbons (Fsp3) is 0.500. The molecule has 2 aliphatic rings. The van der Waals surface area contributed by atoms with E-state index in [0.29, 0.717) is 0 Å². The third-order valence-electron chi connectivity index (χ3n) is 3.92. The van der Waals surface area contributed by atoms with Crippen LogP contribution in [0.15, 0.2) is 21.6 Å². The first-order valence-corrected chi connectivity index (χ1v) is 7.02. The summed E-state index contributed by atoms with van der Waals surface area (Å²) in [6.07, 6.45) is 5.86. The van der Waals surface area contributed by atoms with Gasteiger partial charge in [0, 0.05) is 6.42 Å². The minimum atomic E-state index is -0.328. The van der Waals surface area contributed by atoms with Crippen molar-refractivity contribution in [3.8, 4) is 5.75 Å². The van der Waals surface area contributed by atoms with Crippen LogP contribution in [0.5, 0.6) is 5.75 Å². The molecule has 0 radical (unpaired) electrons. The SMILES string of the molecule is CC1Cc2cc(C3(N=C=O)CCC3)cc(Br)c2O1. The molecule has 1 aromatic carbocycles. The van der Waals surface area contributed by atoms with E-state index in [9.17, 15) is 4.79 Å². The number of nitrogens with zero attached hydrogens (tertiary/aromatic N) is 1. The minimum absolute atomic E-state index is 0.221. The first-order chi connectivity index (χ1) is 8.64. The number of hydrogen-bond acceptors (Lipinski definition) is 3. The van der Waals surface area contributed by atoms with E-state index in [1.165, 1.54) is 5.56 Å². The zero-order valence-electron chi connectivity index (χ0n) is 10.2. The Kier molecular flexibility index (Phi) is 2.80. The predicted molar refractivity (Wildman–Crippen MR) is 71.6 cm³/mol. The largest absolute Gasteiger partial charge is 0.489 e. The van der Waals surface area contributed by atoms with Crippen LogP contribution in [-0.2, 0) is 16.8 Å². The van der Waals surface area contributed by atoms with E-state index >= 15 is 0 Å². The number of benzene rings is 1. The first kappa shape index (κ1) is 11.9.